The van der Waals surface area contributed by atoms with Crippen LogP contribution in [0.25, 0.3) is 0 Å². The molecule has 6 nitrogen and oxygen atoms in total. The van der Waals surface area contributed by atoms with Crippen molar-refractivity contribution in [3.8, 4) is 5.75 Å². The molecule has 1 atom stereocenters. The molecule has 1 unspecified atom stereocenters. The molecule has 6 heteroatoms. The van der Waals surface area contributed by atoms with Crippen molar-refractivity contribution in [1.82, 2.24) is 0 Å². The van der Waals surface area contributed by atoms with Crippen molar-refractivity contribution in [3.05, 3.63) is 46.5 Å². The first-order valence-electron chi connectivity index (χ1n) is 6.95. The Labute approximate surface area is 123 Å². The third-order valence-corrected chi connectivity index (χ3v) is 2.71. The molecule has 1 aliphatic rings. The normalized spacial score (nSPS) is 16.4. The van der Waals surface area contributed by atoms with Crippen LogP contribution in [0.5, 0.6) is 5.75 Å². The fourth-order valence-corrected chi connectivity index (χ4v) is 1.76. The summed E-state index contributed by atoms with van der Waals surface area (Å²) in [6.07, 6.45) is 5.51. The number of hydrogen-bond acceptors (Lipinski definition) is 5. The van der Waals surface area contributed by atoms with Gasteiger partial charge in [0.1, 0.15) is 11.9 Å². The van der Waals surface area contributed by atoms with E-state index in [-0.39, 0.29) is 17.5 Å². The van der Waals surface area contributed by atoms with E-state index in [2.05, 4.69) is 0 Å². The molecule has 0 saturated carbocycles. The van der Waals surface area contributed by atoms with Gasteiger partial charge in [0.05, 0.1) is 4.92 Å². The van der Waals surface area contributed by atoms with Crippen molar-refractivity contribution in [2.24, 2.45) is 0 Å². The van der Waals surface area contributed by atoms with E-state index >= 15 is 0 Å². The maximum Gasteiger partial charge on any atom is 0.514 e. The summed E-state index contributed by atoms with van der Waals surface area (Å²) in [6.45, 7) is 4.00. The van der Waals surface area contributed by atoms with Crippen LogP contribution in [0, 0.1) is 10.1 Å². The van der Waals surface area contributed by atoms with Crippen LogP contribution in [0.2, 0.25) is 0 Å². The van der Waals surface area contributed by atoms with Gasteiger partial charge in [0.2, 0.25) is 0 Å². The van der Waals surface area contributed by atoms with Crippen LogP contribution in [0.3, 0.4) is 0 Å². The van der Waals surface area contributed by atoms with E-state index in [0.717, 1.165) is 19.3 Å². The second kappa shape index (κ2) is 8.73. The number of benzene rings is 1. The zero-order valence-electron chi connectivity index (χ0n) is 12.2. The van der Waals surface area contributed by atoms with Crippen molar-refractivity contribution < 1.29 is 19.2 Å². The second-order valence-corrected chi connectivity index (χ2v) is 4.12. The number of rotatable bonds is 3. The number of nitrogens with zero attached hydrogens (tertiary/aromatic N) is 1. The number of hydrogen-bond donors (Lipinski definition) is 0. The van der Waals surface area contributed by atoms with Crippen LogP contribution < -0.4 is 4.74 Å². The summed E-state index contributed by atoms with van der Waals surface area (Å²) in [5.74, 6) is 0.218. The lowest BCUT2D eigenvalue weighted by atomic mass is 10.1. The Bertz CT molecular complexity index is 495. The van der Waals surface area contributed by atoms with Crippen LogP contribution in [0.1, 0.15) is 33.1 Å². The zero-order chi connectivity index (χ0) is 15.7. The van der Waals surface area contributed by atoms with Gasteiger partial charge in [-0.2, -0.15) is 0 Å². The zero-order valence-corrected chi connectivity index (χ0v) is 12.2. The summed E-state index contributed by atoms with van der Waals surface area (Å²) in [5.41, 5.74) is -0.0593. The third kappa shape index (κ3) is 5.64. The summed E-state index contributed by atoms with van der Waals surface area (Å²) >= 11 is 0. The van der Waals surface area contributed by atoms with E-state index in [0.29, 0.717) is 0 Å². The second-order valence-electron chi connectivity index (χ2n) is 4.12. The lowest BCUT2D eigenvalue weighted by Crippen LogP contribution is -2.20. The predicted molar refractivity (Wildman–Crippen MR) is 78.3 cm³/mol. The van der Waals surface area contributed by atoms with Crippen LogP contribution in [0.15, 0.2) is 36.4 Å². The Balaban J connectivity index is 0.00000106. The predicted octanol–water partition coefficient (Wildman–Crippen LogP) is 4.25. The Morgan fingerprint density at radius 1 is 1.29 bits per heavy atom. The average Bonchev–Trinajstić information content (AvgIpc) is 2.50. The highest BCUT2D eigenvalue weighted by molar-refractivity contribution is 5.64. The van der Waals surface area contributed by atoms with Gasteiger partial charge in [-0.25, -0.2) is 4.79 Å². The molecule has 0 radical (unpaired) electrons. The molecule has 21 heavy (non-hydrogen) atoms. The third-order valence-electron chi connectivity index (χ3n) is 2.71. The first-order valence-corrected chi connectivity index (χ1v) is 6.95. The summed E-state index contributed by atoms with van der Waals surface area (Å²) in [7, 11) is 0. The standard InChI is InChI=1S/C13H13NO5.C2H6/c15-13(18-11-4-2-1-3-5-11)19-12-8-6-10(7-9-12)14(16)17;1-2/h2,4,6-9,11H,1,3,5H2;1-2H3. The van der Waals surface area contributed by atoms with Gasteiger partial charge < -0.3 is 9.47 Å². The van der Waals surface area contributed by atoms with Gasteiger partial charge in [0.25, 0.3) is 5.69 Å². The molecule has 0 fully saturated rings. The van der Waals surface area contributed by atoms with Gasteiger partial charge in [-0.15, -0.1) is 0 Å². The first kappa shape index (κ1) is 16.7. The van der Waals surface area contributed by atoms with Crippen molar-refractivity contribution in [3.63, 3.8) is 0 Å². The molecule has 1 aromatic carbocycles. The van der Waals surface area contributed by atoms with Gasteiger partial charge >= 0.3 is 6.16 Å². The van der Waals surface area contributed by atoms with E-state index in [1.165, 1.54) is 24.3 Å². The van der Waals surface area contributed by atoms with E-state index in [1.54, 1.807) is 0 Å². The molecule has 0 N–H and O–H groups in total. The summed E-state index contributed by atoms with van der Waals surface area (Å²) in [6, 6.07) is 5.25. The van der Waals surface area contributed by atoms with Crippen LogP contribution in [-0.4, -0.2) is 17.2 Å². The van der Waals surface area contributed by atoms with Crippen molar-refractivity contribution >= 4 is 11.8 Å². The Morgan fingerprint density at radius 2 is 1.95 bits per heavy atom. The lowest BCUT2D eigenvalue weighted by Gasteiger charge is -2.16. The minimum atomic E-state index is -0.801. The van der Waals surface area contributed by atoms with Crippen LogP contribution >= 0.6 is 0 Å². The van der Waals surface area contributed by atoms with E-state index in [9.17, 15) is 14.9 Å². The smallest absolute Gasteiger partial charge is 0.426 e. The highest BCUT2D eigenvalue weighted by Crippen LogP contribution is 2.19. The van der Waals surface area contributed by atoms with E-state index in [1.807, 2.05) is 26.0 Å². The van der Waals surface area contributed by atoms with Gasteiger partial charge in [0, 0.05) is 12.1 Å². The highest BCUT2D eigenvalue weighted by Gasteiger charge is 2.15. The van der Waals surface area contributed by atoms with Crippen molar-refractivity contribution in [2.45, 2.75) is 39.2 Å². The minimum absolute atomic E-state index is 0.0593. The average molecular weight is 293 g/mol. The van der Waals surface area contributed by atoms with Crippen molar-refractivity contribution in [2.75, 3.05) is 0 Å². The largest absolute Gasteiger partial charge is 0.514 e. The summed E-state index contributed by atoms with van der Waals surface area (Å²) in [4.78, 5) is 21.4. The molecule has 0 heterocycles. The topological polar surface area (TPSA) is 78.7 Å². The van der Waals surface area contributed by atoms with Crippen LogP contribution in [0.4, 0.5) is 10.5 Å². The van der Waals surface area contributed by atoms with Crippen molar-refractivity contribution in [1.29, 1.82) is 0 Å². The molecule has 1 aromatic rings. The molecule has 0 saturated heterocycles. The number of non-ortho nitro benzene ring substituents is 1. The maximum absolute atomic E-state index is 11.5. The molecule has 2 rings (SSSR count). The molecule has 0 amide bonds. The van der Waals surface area contributed by atoms with Gasteiger partial charge in [-0.3, -0.25) is 10.1 Å². The molecule has 1 aliphatic carbocycles. The number of allylic oxidation sites excluding steroid dienone is 1. The van der Waals surface area contributed by atoms with E-state index in [4.69, 9.17) is 9.47 Å². The fourth-order valence-electron chi connectivity index (χ4n) is 1.76. The number of nitro benzene ring substituents is 1. The Hall–Kier alpha value is -2.37. The summed E-state index contributed by atoms with van der Waals surface area (Å²) in [5, 5.41) is 10.5. The molecule has 0 spiro atoms. The first-order chi connectivity index (χ1) is 10.1. The Kier molecular flexibility index (Phi) is 6.94. The number of nitro groups is 1. The highest BCUT2D eigenvalue weighted by atomic mass is 16.7. The SMILES string of the molecule is CC.O=C(Oc1ccc([N+](=O)[O-])cc1)OC1C=CCCC1. The number of carbonyl (C=O) groups excluding carboxylic acids is 1. The molecule has 0 aromatic heterocycles. The maximum atomic E-state index is 11.5. The molecule has 0 bridgehead atoms. The lowest BCUT2D eigenvalue weighted by molar-refractivity contribution is -0.384. The monoisotopic (exact) mass is 293 g/mol. The quantitative estimate of drug-likeness (QED) is 0.274. The Morgan fingerprint density at radius 3 is 2.48 bits per heavy atom. The van der Waals surface area contributed by atoms with Crippen LogP contribution in [-0.2, 0) is 4.74 Å². The number of ether oxygens (including phenoxy) is 2. The molecule has 0 aliphatic heterocycles. The minimum Gasteiger partial charge on any atom is -0.426 e. The number of carbonyl (C=O) groups is 1. The van der Waals surface area contributed by atoms with E-state index < -0.39 is 11.1 Å². The van der Waals surface area contributed by atoms with Gasteiger partial charge in [0.15, 0.2) is 0 Å². The summed E-state index contributed by atoms with van der Waals surface area (Å²) < 4.78 is 10.0. The van der Waals surface area contributed by atoms with Gasteiger partial charge in [-0.05, 0) is 37.5 Å². The van der Waals surface area contributed by atoms with Gasteiger partial charge in [-0.1, -0.05) is 19.9 Å². The molecular formula is C15H19NO5. The fraction of sp³-hybridized carbons (Fsp3) is 0.400. The molecule has 114 valence electrons. The molecular weight excluding hydrogens is 274 g/mol.